The van der Waals surface area contributed by atoms with Crippen molar-refractivity contribution < 1.29 is 17.9 Å². The highest BCUT2D eigenvalue weighted by molar-refractivity contribution is 7.91. The molecule has 6 nitrogen and oxygen atoms in total. The molecule has 31 heavy (non-hydrogen) atoms. The first-order valence-corrected chi connectivity index (χ1v) is 13.9. The van der Waals surface area contributed by atoms with Crippen molar-refractivity contribution in [3.63, 3.8) is 0 Å². The van der Waals surface area contributed by atoms with Crippen molar-refractivity contribution in [2.24, 2.45) is 5.92 Å². The first-order chi connectivity index (χ1) is 14.9. The number of carbonyl (C=O) groups excluding carboxylic acids is 1. The van der Waals surface area contributed by atoms with Crippen LogP contribution in [0.1, 0.15) is 62.0 Å². The lowest BCUT2D eigenvalue weighted by Gasteiger charge is -2.35. The maximum absolute atomic E-state index is 11.8. The number of sulfone groups is 1. The van der Waals surface area contributed by atoms with Gasteiger partial charge in [0.1, 0.15) is 11.5 Å². The summed E-state index contributed by atoms with van der Waals surface area (Å²) in [4.78, 5) is 14.4. The minimum atomic E-state index is -3.25. The van der Waals surface area contributed by atoms with Crippen LogP contribution in [0.3, 0.4) is 0 Å². The summed E-state index contributed by atoms with van der Waals surface area (Å²) in [5, 5.41) is 2.90. The van der Waals surface area contributed by atoms with E-state index in [9.17, 15) is 13.2 Å². The van der Waals surface area contributed by atoms with E-state index in [1.165, 1.54) is 50.0 Å². The Morgan fingerprint density at radius 3 is 2.58 bits per heavy atom. The topological polar surface area (TPSA) is 75.7 Å². The lowest BCUT2D eigenvalue weighted by Crippen LogP contribution is -2.41. The van der Waals surface area contributed by atoms with Crippen LogP contribution < -0.4 is 10.1 Å². The maximum atomic E-state index is 11.8. The summed E-state index contributed by atoms with van der Waals surface area (Å²) in [6, 6.07) is 6.69. The number of ether oxygens (including phenoxy) is 1. The van der Waals surface area contributed by atoms with Gasteiger partial charge in [0, 0.05) is 24.3 Å². The van der Waals surface area contributed by atoms with Gasteiger partial charge in [0.05, 0.1) is 6.61 Å². The molecule has 0 unspecified atom stereocenters. The maximum Gasteiger partial charge on any atom is 0.235 e. The van der Waals surface area contributed by atoms with E-state index in [0.29, 0.717) is 5.92 Å². The molecular weight excluding hydrogens is 412 g/mol. The Morgan fingerprint density at radius 2 is 1.87 bits per heavy atom. The van der Waals surface area contributed by atoms with Crippen LogP contribution in [-0.4, -0.2) is 63.5 Å². The van der Waals surface area contributed by atoms with Gasteiger partial charge in [-0.25, -0.2) is 8.42 Å². The number of amides is 1. The molecule has 2 heterocycles. The van der Waals surface area contributed by atoms with Crippen LogP contribution in [0.4, 0.5) is 0 Å². The van der Waals surface area contributed by atoms with Crippen LogP contribution >= 0.6 is 0 Å². The van der Waals surface area contributed by atoms with Crippen LogP contribution in [0.5, 0.6) is 5.75 Å². The SMILES string of the molecule is CS(=O)(=O)CC(=O)NC1CCC(CCN2CCC(c3cccc4c3CCO4)CC2)CC1. The van der Waals surface area contributed by atoms with Crippen LogP contribution in [0.15, 0.2) is 18.2 Å². The molecule has 0 spiro atoms. The second-order valence-corrected chi connectivity index (χ2v) is 11.8. The normalized spacial score (nSPS) is 25.1. The Balaban J connectivity index is 1.15. The van der Waals surface area contributed by atoms with E-state index < -0.39 is 15.6 Å². The quantitative estimate of drug-likeness (QED) is 0.694. The third kappa shape index (κ3) is 6.22. The van der Waals surface area contributed by atoms with Gasteiger partial charge in [-0.05, 0) is 88.0 Å². The van der Waals surface area contributed by atoms with E-state index in [1.54, 1.807) is 0 Å². The summed E-state index contributed by atoms with van der Waals surface area (Å²) in [7, 11) is -3.25. The monoisotopic (exact) mass is 448 g/mol. The fourth-order valence-corrected chi connectivity index (χ4v) is 6.13. The zero-order chi connectivity index (χ0) is 21.8. The van der Waals surface area contributed by atoms with Crippen molar-refractivity contribution in [1.29, 1.82) is 0 Å². The zero-order valence-electron chi connectivity index (χ0n) is 18.6. The van der Waals surface area contributed by atoms with Crippen LogP contribution in [0.25, 0.3) is 0 Å². The van der Waals surface area contributed by atoms with E-state index in [2.05, 4.69) is 28.4 Å². The molecule has 1 aliphatic carbocycles. The molecular formula is C24H36N2O4S. The van der Waals surface area contributed by atoms with Crippen LogP contribution in [0, 0.1) is 5.92 Å². The van der Waals surface area contributed by atoms with E-state index in [4.69, 9.17) is 4.74 Å². The summed E-state index contributed by atoms with van der Waals surface area (Å²) in [5.41, 5.74) is 2.97. The number of fused-ring (bicyclic) bond motifs is 1. The molecule has 1 aromatic rings. The van der Waals surface area contributed by atoms with Crippen molar-refractivity contribution >= 4 is 15.7 Å². The van der Waals surface area contributed by atoms with E-state index in [0.717, 1.165) is 56.6 Å². The van der Waals surface area contributed by atoms with Gasteiger partial charge >= 0.3 is 0 Å². The first kappa shape index (κ1) is 22.6. The molecule has 1 saturated heterocycles. The Morgan fingerprint density at radius 1 is 1.13 bits per heavy atom. The van der Waals surface area contributed by atoms with Gasteiger partial charge in [0.2, 0.25) is 5.91 Å². The number of rotatable bonds is 7. The molecule has 1 aromatic carbocycles. The van der Waals surface area contributed by atoms with Crippen molar-refractivity contribution in [1.82, 2.24) is 10.2 Å². The molecule has 1 amide bonds. The third-order valence-corrected chi connectivity index (χ3v) is 8.05. The highest BCUT2D eigenvalue weighted by Crippen LogP contribution is 2.37. The van der Waals surface area contributed by atoms with Gasteiger partial charge in [-0.2, -0.15) is 0 Å². The summed E-state index contributed by atoms with van der Waals surface area (Å²) in [5.74, 6) is 1.73. The molecule has 0 atom stereocenters. The van der Waals surface area contributed by atoms with Gasteiger partial charge < -0.3 is 15.0 Å². The molecule has 2 aliphatic heterocycles. The molecule has 0 bridgehead atoms. The summed E-state index contributed by atoms with van der Waals surface area (Å²) in [6.07, 6.45) is 10.0. The van der Waals surface area contributed by atoms with Crippen molar-refractivity contribution in [3.05, 3.63) is 29.3 Å². The second-order valence-electron chi connectivity index (χ2n) is 9.68. The lowest BCUT2D eigenvalue weighted by atomic mass is 9.83. The number of nitrogens with zero attached hydrogens (tertiary/aromatic N) is 1. The first-order valence-electron chi connectivity index (χ1n) is 11.8. The zero-order valence-corrected chi connectivity index (χ0v) is 19.5. The van der Waals surface area contributed by atoms with Crippen molar-refractivity contribution in [2.75, 3.05) is 38.2 Å². The van der Waals surface area contributed by atoms with Gasteiger partial charge in [-0.15, -0.1) is 0 Å². The average molecular weight is 449 g/mol. The van der Waals surface area contributed by atoms with Gasteiger partial charge in [-0.3, -0.25) is 4.79 Å². The Kier molecular flexibility index (Phi) is 7.22. The van der Waals surface area contributed by atoms with Gasteiger partial charge in [-0.1, -0.05) is 12.1 Å². The van der Waals surface area contributed by atoms with Gasteiger partial charge in [0.25, 0.3) is 0 Å². The number of hydrogen-bond donors (Lipinski definition) is 1. The predicted molar refractivity (Wildman–Crippen MR) is 122 cm³/mol. The van der Waals surface area contributed by atoms with Crippen LogP contribution in [0.2, 0.25) is 0 Å². The Labute approximate surface area is 186 Å². The molecule has 2 fully saturated rings. The fourth-order valence-electron chi connectivity index (χ4n) is 5.57. The number of likely N-dealkylation sites (tertiary alicyclic amines) is 1. The molecule has 1 N–H and O–H groups in total. The third-order valence-electron chi connectivity index (χ3n) is 7.27. The van der Waals surface area contributed by atoms with E-state index in [1.807, 2.05) is 0 Å². The second kappa shape index (κ2) is 9.90. The number of nitrogens with one attached hydrogen (secondary N) is 1. The molecule has 1 saturated carbocycles. The minimum Gasteiger partial charge on any atom is -0.493 e. The standard InChI is InChI=1S/C24H36N2O4S/c1-31(28,29)17-24(27)25-20-7-5-18(6-8-20)9-13-26-14-10-19(11-15-26)21-3-2-4-23-22(21)12-16-30-23/h2-4,18-20H,5-17H2,1H3,(H,25,27). The summed E-state index contributed by atoms with van der Waals surface area (Å²) in [6.45, 7) is 4.34. The molecule has 7 heteroatoms. The number of hydrogen-bond acceptors (Lipinski definition) is 5. The number of carbonyl (C=O) groups is 1. The fraction of sp³-hybridized carbons (Fsp3) is 0.708. The summed E-state index contributed by atoms with van der Waals surface area (Å²) >= 11 is 0. The Hall–Kier alpha value is -1.60. The van der Waals surface area contributed by atoms with Crippen molar-refractivity contribution in [3.8, 4) is 5.75 Å². The molecule has 4 rings (SSSR count). The smallest absolute Gasteiger partial charge is 0.235 e. The average Bonchev–Trinajstić information content (AvgIpc) is 3.21. The Bertz CT molecular complexity index is 870. The lowest BCUT2D eigenvalue weighted by molar-refractivity contribution is -0.119. The number of piperidine rings is 1. The van der Waals surface area contributed by atoms with Gasteiger partial charge in [0.15, 0.2) is 9.84 Å². The number of benzene rings is 1. The van der Waals surface area contributed by atoms with E-state index >= 15 is 0 Å². The van der Waals surface area contributed by atoms with Crippen LogP contribution in [-0.2, 0) is 21.1 Å². The summed E-state index contributed by atoms with van der Waals surface area (Å²) < 4.78 is 28.2. The molecule has 0 radical (unpaired) electrons. The predicted octanol–water partition coefficient (Wildman–Crippen LogP) is 2.91. The molecule has 3 aliphatic rings. The molecule has 0 aromatic heterocycles. The highest BCUT2D eigenvalue weighted by Gasteiger charge is 2.27. The largest absolute Gasteiger partial charge is 0.493 e. The molecule has 172 valence electrons. The minimum absolute atomic E-state index is 0.137. The van der Waals surface area contributed by atoms with E-state index in [-0.39, 0.29) is 11.9 Å². The van der Waals surface area contributed by atoms with Crippen molar-refractivity contribution in [2.45, 2.75) is 63.3 Å². The highest BCUT2D eigenvalue weighted by atomic mass is 32.2.